The molecule has 4 rings (SSSR count). The molecule has 0 radical (unpaired) electrons. The number of benzene rings is 2. The second-order valence-electron chi connectivity index (χ2n) is 9.52. The Hall–Kier alpha value is -3.13. The molecule has 2 aromatic carbocycles. The first-order chi connectivity index (χ1) is 15.3. The fourth-order valence-electron chi connectivity index (χ4n) is 4.79. The maximum Gasteiger partial charge on any atom is 0.230 e. The highest BCUT2D eigenvalue weighted by Crippen LogP contribution is 2.37. The molecule has 0 fully saturated rings. The Kier molecular flexibility index (Phi) is 6.06. The zero-order valence-electron chi connectivity index (χ0n) is 20.5. The van der Waals surface area contributed by atoms with Gasteiger partial charge in [-0.05, 0) is 59.6 Å². The van der Waals surface area contributed by atoms with Gasteiger partial charge < -0.3 is 4.57 Å². The smallest absolute Gasteiger partial charge is 0.230 e. The van der Waals surface area contributed by atoms with Crippen LogP contribution in [0.5, 0.6) is 0 Å². The Morgan fingerprint density at radius 1 is 0.719 bits per heavy atom. The van der Waals surface area contributed by atoms with Gasteiger partial charge in [0.25, 0.3) is 0 Å². The van der Waals surface area contributed by atoms with Crippen LogP contribution < -0.4 is 4.57 Å². The average molecular weight is 424 g/mol. The number of aromatic nitrogens is 2. The molecule has 2 aromatic heterocycles. The molecule has 0 aliphatic rings. The minimum Gasteiger partial charge on any atom is -0.308 e. The molecule has 2 heteroatoms. The number of nitrogens with zero attached hydrogens (tertiary/aromatic N) is 2. The molecular formula is C30H35N2+. The van der Waals surface area contributed by atoms with Crippen molar-refractivity contribution in [1.29, 1.82) is 0 Å². The molecule has 32 heavy (non-hydrogen) atoms. The number of para-hydroxylation sites is 1. The van der Waals surface area contributed by atoms with Gasteiger partial charge in [0.15, 0.2) is 6.20 Å². The fraction of sp³-hybridized carbons (Fsp3) is 0.300. The summed E-state index contributed by atoms with van der Waals surface area (Å²) < 4.78 is 4.75. The first kappa shape index (κ1) is 22.1. The van der Waals surface area contributed by atoms with Crippen molar-refractivity contribution in [2.45, 2.75) is 53.4 Å². The molecule has 164 valence electrons. The molecular weight excluding hydrogens is 388 g/mol. The van der Waals surface area contributed by atoms with Crippen molar-refractivity contribution >= 4 is 0 Å². The summed E-state index contributed by atoms with van der Waals surface area (Å²) in [5, 5.41) is 0. The molecule has 2 heterocycles. The quantitative estimate of drug-likeness (QED) is 0.294. The lowest BCUT2D eigenvalue weighted by Crippen LogP contribution is -2.31. The largest absolute Gasteiger partial charge is 0.308 e. The number of aryl methyl sites for hydroxylation is 3. The lowest BCUT2D eigenvalue weighted by Gasteiger charge is -2.23. The van der Waals surface area contributed by atoms with Crippen LogP contribution in [0.15, 0.2) is 72.9 Å². The second-order valence-corrected chi connectivity index (χ2v) is 9.52. The van der Waals surface area contributed by atoms with E-state index < -0.39 is 0 Å². The number of pyridine rings is 1. The van der Waals surface area contributed by atoms with Crippen LogP contribution >= 0.6 is 0 Å². The maximum absolute atomic E-state index is 2.50. The van der Waals surface area contributed by atoms with E-state index in [0.29, 0.717) is 11.8 Å². The zero-order chi connectivity index (χ0) is 23.0. The van der Waals surface area contributed by atoms with E-state index in [-0.39, 0.29) is 0 Å². The molecule has 0 unspecified atom stereocenters. The molecule has 0 N–H and O–H groups in total. The second kappa shape index (κ2) is 8.78. The van der Waals surface area contributed by atoms with E-state index >= 15 is 0 Å². The molecule has 0 aliphatic carbocycles. The predicted octanol–water partition coefficient (Wildman–Crippen LogP) is 7.50. The van der Waals surface area contributed by atoms with Crippen LogP contribution in [0.3, 0.4) is 0 Å². The molecule has 4 aromatic rings. The first-order valence-electron chi connectivity index (χ1n) is 11.7. The van der Waals surface area contributed by atoms with Crippen molar-refractivity contribution in [2.75, 3.05) is 0 Å². The van der Waals surface area contributed by atoms with Gasteiger partial charge in [0.1, 0.15) is 12.7 Å². The highest BCUT2D eigenvalue weighted by atomic mass is 15.0. The van der Waals surface area contributed by atoms with Gasteiger partial charge in [0, 0.05) is 17.8 Å². The molecule has 0 atom stereocenters. The maximum atomic E-state index is 2.50. The highest BCUT2D eigenvalue weighted by molar-refractivity contribution is 5.71. The third-order valence-corrected chi connectivity index (χ3v) is 6.44. The summed E-state index contributed by atoms with van der Waals surface area (Å²) >= 11 is 0. The summed E-state index contributed by atoms with van der Waals surface area (Å²) in [6.07, 6.45) is 2.18. The molecule has 0 spiro atoms. The van der Waals surface area contributed by atoms with Crippen LogP contribution in [0, 0.1) is 13.8 Å². The highest BCUT2D eigenvalue weighted by Gasteiger charge is 2.25. The summed E-state index contributed by atoms with van der Waals surface area (Å²) in [5.74, 6) is 0.895. The Morgan fingerprint density at radius 3 is 1.94 bits per heavy atom. The van der Waals surface area contributed by atoms with Crippen molar-refractivity contribution in [1.82, 2.24) is 4.57 Å². The fourth-order valence-corrected chi connectivity index (χ4v) is 4.79. The van der Waals surface area contributed by atoms with Gasteiger partial charge in [-0.15, -0.1) is 0 Å². The third kappa shape index (κ3) is 3.90. The van der Waals surface area contributed by atoms with Gasteiger partial charge in [-0.2, -0.15) is 4.57 Å². The minimum absolute atomic E-state index is 0.447. The van der Waals surface area contributed by atoms with E-state index in [2.05, 4.69) is 131 Å². The van der Waals surface area contributed by atoms with Crippen LogP contribution in [0.25, 0.3) is 28.2 Å². The predicted molar refractivity (Wildman–Crippen MR) is 135 cm³/mol. The molecule has 0 amide bonds. The average Bonchev–Trinajstić information content (AvgIpc) is 3.07. The van der Waals surface area contributed by atoms with E-state index in [1.165, 1.54) is 50.6 Å². The van der Waals surface area contributed by atoms with Gasteiger partial charge in [0.05, 0.1) is 5.69 Å². The number of hydrogen-bond donors (Lipinski definition) is 0. The van der Waals surface area contributed by atoms with E-state index in [9.17, 15) is 0 Å². The molecule has 0 saturated carbocycles. The third-order valence-electron chi connectivity index (χ3n) is 6.44. The van der Waals surface area contributed by atoms with Crippen LogP contribution in [0.1, 0.15) is 61.9 Å². The first-order valence-corrected chi connectivity index (χ1v) is 11.7. The molecule has 0 aliphatic heterocycles. The van der Waals surface area contributed by atoms with Gasteiger partial charge >= 0.3 is 0 Å². The van der Waals surface area contributed by atoms with Crippen molar-refractivity contribution in [2.24, 2.45) is 7.05 Å². The van der Waals surface area contributed by atoms with E-state index in [1.54, 1.807) is 0 Å². The van der Waals surface area contributed by atoms with Gasteiger partial charge in [-0.3, -0.25) is 0 Å². The summed E-state index contributed by atoms with van der Waals surface area (Å²) in [4.78, 5) is 0. The van der Waals surface area contributed by atoms with Crippen LogP contribution in [-0.4, -0.2) is 4.57 Å². The molecule has 0 saturated heterocycles. The van der Waals surface area contributed by atoms with Crippen LogP contribution in [0.4, 0.5) is 0 Å². The van der Waals surface area contributed by atoms with Gasteiger partial charge in [0.2, 0.25) is 5.69 Å². The van der Waals surface area contributed by atoms with Crippen molar-refractivity contribution in [3.8, 4) is 28.2 Å². The van der Waals surface area contributed by atoms with Gasteiger partial charge in [-0.1, -0.05) is 76.2 Å². The topological polar surface area (TPSA) is 8.81 Å². The minimum atomic E-state index is 0.447. The van der Waals surface area contributed by atoms with Crippen molar-refractivity contribution < 1.29 is 4.57 Å². The number of hydrogen-bond acceptors (Lipinski definition) is 0. The Morgan fingerprint density at radius 2 is 1.34 bits per heavy atom. The Balaban J connectivity index is 2.03. The summed E-state index contributed by atoms with van der Waals surface area (Å²) in [6.45, 7) is 13.7. The van der Waals surface area contributed by atoms with E-state index in [0.717, 1.165) is 0 Å². The summed E-state index contributed by atoms with van der Waals surface area (Å²) in [5.41, 5.74) is 11.7. The number of rotatable bonds is 5. The molecule has 0 bridgehead atoms. The molecule has 2 nitrogen and oxygen atoms in total. The zero-order valence-corrected chi connectivity index (χ0v) is 20.5. The van der Waals surface area contributed by atoms with Crippen molar-refractivity contribution in [3.63, 3.8) is 0 Å². The standard InChI is InChI=1S/C30H35N2/c1-20(2)26-14-11-15-27(21(3)4)30(26)32-23(6)18-22(5)29(32)28-19-25(16-17-31(28)7)24-12-9-8-10-13-24/h8-21H,1-7H3/q+1. The summed E-state index contributed by atoms with van der Waals surface area (Å²) in [6, 6.07) is 24.3. The SMILES string of the molecule is Cc1cc(C)n(-c2c(C(C)C)cccc2C(C)C)c1-c1cc(-c2ccccc2)cc[n+]1C. The van der Waals surface area contributed by atoms with E-state index in [1.807, 2.05) is 0 Å². The Labute approximate surface area is 193 Å². The Bertz CT molecular complexity index is 1220. The van der Waals surface area contributed by atoms with Crippen LogP contribution in [0.2, 0.25) is 0 Å². The lowest BCUT2D eigenvalue weighted by molar-refractivity contribution is -0.660. The normalized spacial score (nSPS) is 11.5. The van der Waals surface area contributed by atoms with E-state index in [4.69, 9.17) is 0 Å². The van der Waals surface area contributed by atoms with Crippen molar-refractivity contribution in [3.05, 3.63) is 95.3 Å². The monoisotopic (exact) mass is 423 g/mol. The van der Waals surface area contributed by atoms with Gasteiger partial charge in [-0.25, -0.2) is 0 Å². The summed E-state index contributed by atoms with van der Waals surface area (Å²) in [7, 11) is 2.15. The van der Waals surface area contributed by atoms with Crippen LogP contribution in [-0.2, 0) is 7.05 Å². The lowest BCUT2D eigenvalue weighted by atomic mass is 9.92.